The number of hydrogen-bond acceptors (Lipinski definition) is 4. The maximum Gasteiger partial charge on any atom is 0.150 e. The minimum atomic E-state index is 0.414. The molecule has 1 saturated heterocycles. The van der Waals surface area contributed by atoms with Crippen LogP contribution in [-0.4, -0.2) is 29.1 Å². The van der Waals surface area contributed by atoms with E-state index in [1.165, 1.54) is 0 Å². The van der Waals surface area contributed by atoms with Crippen molar-refractivity contribution in [2.75, 3.05) is 23.3 Å². The van der Waals surface area contributed by atoms with E-state index >= 15 is 0 Å². The first-order valence-corrected chi connectivity index (χ1v) is 7.23. The van der Waals surface area contributed by atoms with Crippen LogP contribution in [0.3, 0.4) is 0 Å². The molecule has 1 fully saturated rings. The van der Waals surface area contributed by atoms with Gasteiger partial charge < -0.3 is 10.2 Å². The van der Waals surface area contributed by atoms with Gasteiger partial charge >= 0.3 is 0 Å². The minimum Gasteiger partial charge on any atom is -0.381 e. The van der Waals surface area contributed by atoms with Crippen molar-refractivity contribution in [3.8, 4) is 0 Å². The Morgan fingerprint density at radius 3 is 2.90 bits per heavy atom. The van der Waals surface area contributed by atoms with Crippen LogP contribution in [0.4, 0.5) is 11.5 Å². The Hall–Kier alpha value is -1.81. The molecule has 3 rings (SSSR count). The summed E-state index contributed by atoms with van der Waals surface area (Å²) < 4.78 is 0. The van der Waals surface area contributed by atoms with Crippen molar-refractivity contribution in [2.24, 2.45) is 0 Å². The highest BCUT2D eigenvalue weighted by molar-refractivity contribution is 6.32. The first kappa shape index (κ1) is 13.2. The molecule has 4 nitrogen and oxygen atoms in total. The normalized spacial score (nSPS) is 18.9. The topological polar surface area (TPSA) is 41.1 Å². The number of anilines is 2. The summed E-state index contributed by atoms with van der Waals surface area (Å²) in [6.45, 7) is 1.90. The van der Waals surface area contributed by atoms with E-state index in [0.717, 1.165) is 37.4 Å². The van der Waals surface area contributed by atoms with Crippen LogP contribution in [0.25, 0.3) is 0 Å². The second-order valence-corrected chi connectivity index (χ2v) is 5.40. The quantitative estimate of drug-likeness (QED) is 0.941. The predicted octanol–water partition coefficient (Wildman–Crippen LogP) is 3.21. The number of nitrogens with one attached hydrogen (secondary N) is 1. The molecule has 1 aliphatic heterocycles. The first-order chi connectivity index (χ1) is 9.83. The maximum atomic E-state index is 6.18. The summed E-state index contributed by atoms with van der Waals surface area (Å²) in [5, 5.41) is 4.19. The van der Waals surface area contributed by atoms with Crippen molar-refractivity contribution in [1.29, 1.82) is 0 Å². The van der Waals surface area contributed by atoms with Gasteiger partial charge in [0.25, 0.3) is 0 Å². The molecule has 0 radical (unpaired) electrons. The lowest BCUT2D eigenvalue weighted by Crippen LogP contribution is -2.42. The molecule has 0 spiro atoms. The lowest BCUT2D eigenvalue weighted by molar-refractivity contribution is 0.526. The Morgan fingerprint density at radius 2 is 2.10 bits per heavy atom. The number of aromatic nitrogens is 2. The molecular formula is C15H17ClN4. The monoisotopic (exact) mass is 288 g/mol. The number of para-hydroxylation sites is 1. The Labute approximate surface area is 123 Å². The third kappa shape index (κ3) is 3.02. The molecule has 1 N–H and O–H groups in total. The van der Waals surface area contributed by atoms with Crippen LogP contribution >= 0.6 is 11.6 Å². The van der Waals surface area contributed by atoms with Gasteiger partial charge in [-0.1, -0.05) is 29.8 Å². The Balaban J connectivity index is 1.69. The molecule has 1 aromatic carbocycles. The molecule has 1 aromatic heterocycles. The molecular weight excluding hydrogens is 272 g/mol. The van der Waals surface area contributed by atoms with Gasteiger partial charge in [0.05, 0.1) is 6.20 Å². The van der Waals surface area contributed by atoms with Crippen LogP contribution in [-0.2, 0) is 0 Å². The molecule has 0 amide bonds. The molecule has 104 valence electrons. The molecule has 0 saturated carbocycles. The summed E-state index contributed by atoms with van der Waals surface area (Å²) in [4.78, 5) is 10.5. The number of piperidine rings is 1. The minimum absolute atomic E-state index is 0.414. The summed E-state index contributed by atoms with van der Waals surface area (Å²) in [5.41, 5.74) is 1.16. The van der Waals surface area contributed by atoms with E-state index in [1.807, 2.05) is 18.2 Å². The molecule has 2 heterocycles. The highest BCUT2D eigenvalue weighted by atomic mass is 35.5. The third-order valence-corrected chi connectivity index (χ3v) is 3.78. The van der Waals surface area contributed by atoms with E-state index in [4.69, 9.17) is 11.6 Å². The Kier molecular flexibility index (Phi) is 4.02. The predicted molar refractivity (Wildman–Crippen MR) is 82.3 cm³/mol. The van der Waals surface area contributed by atoms with Crippen molar-refractivity contribution >= 4 is 23.1 Å². The van der Waals surface area contributed by atoms with E-state index in [0.29, 0.717) is 11.1 Å². The average Bonchev–Trinajstić information content (AvgIpc) is 2.49. The van der Waals surface area contributed by atoms with Crippen LogP contribution in [0.5, 0.6) is 0 Å². The van der Waals surface area contributed by atoms with Crippen LogP contribution in [0.1, 0.15) is 12.8 Å². The smallest absolute Gasteiger partial charge is 0.150 e. The summed E-state index contributed by atoms with van der Waals surface area (Å²) in [6, 6.07) is 10.7. The lowest BCUT2D eigenvalue weighted by Gasteiger charge is -2.34. The molecule has 0 bridgehead atoms. The zero-order chi connectivity index (χ0) is 13.8. The molecule has 1 atom stereocenters. The number of benzene rings is 1. The Bertz CT molecular complexity index is 561. The Morgan fingerprint density at radius 1 is 1.25 bits per heavy atom. The molecule has 1 aliphatic rings. The molecule has 1 unspecified atom stereocenters. The van der Waals surface area contributed by atoms with Gasteiger partial charge in [-0.05, 0) is 25.0 Å². The van der Waals surface area contributed by atoms with E-state index in [1.54, 1.807) is 12.5 Å². The van der Waals surface area contributed by atoms with Crippen molar-refractivity contribution in [2.45, 2.75) is 18.9 Å². The first-order valence-electron chi connectivity index (χ1n) is 6.85. The van der Waals surface area contributed by atoms with E-state index in [2.05, 4.69) is 32.3 Å². The van der Waals surface area contributed by atoms with Crippen molar-refractivity contribution < 1.29 is 0 Å². The molecule has 0 aliphatic carbocycles. The fourth-order valence-corrected chi connectivity index (χ4v) is 2.82. The van der Waals surface area contributed by atoms with Crippen molar-refractivity contribution in [3.63, 3.8) is 0 Å². The van der Waals surface area contributed by atoms with Gasteiger partial charge in [0.2, 0.25) is 0 Å². The summed E-state index contributed by atoms with van der Waals surface area (Å²) in [6.07, 6.45) is 5.49. The average molecular weight is 289 g/mol. The fourth-order valence-electron chi connectivity index (χ4n) is 2.60. The van der Waals surface area contributed by atoms with Gasteiger partial charge in [-0.3, -0.25) is 0 Å². The highest BCUT2D eigenvalue weighted by Crippen LogP contribution is 2.25. The van der Waals surface area contributed by atoms with E-state index in [9.17, 15) is 0 Å². The lowest BCUT2D eigenvalue weighted by atomic mass is 10.1. The van der Waals surface area contributed by atoms with Gasteiger partial charge in [0.1, 0.15) is 11.3 Å². The highest BCUT2D eigenvalue weighted by Gasteiger charge is 2.22. The largest absolute Gasteiger partial charge is 0.381 e. The standard InChI is InChI=1S/C15H17ClN4/c16-14-9-17-11-18-15(14)20-8-4-7-13(10-20)19-12-5-2-1-3-6-12/h1-3,5-6,9,11,13,19H,4,7-8,10H2. The zero-order valence-corrected chi connectivity index (χ0v) is 11.9. The summed E-state index contributed by atoms with van der Waals surface area (Å²) >= 11 is 6.18. The molecule has 2 aromatic rings. The van der Waals surface area contributed by atoms with Crippen LogP contribution in [0, 0.1) is 0 Å². The zero-order valence-electron chi connectivity index (χ0n) is 11.2. The third-order valence-electron chi connectivity index (χ3n) is 3.51. The number of rotatable bonds is 3. The van der Waals surface area contributed by atoms with Gasteiger partial charge in [0, 0.05) is 24.8 Å². The van der Waals surface area contributed by atoms with Gasteiger partial charge in [-0.2, -0.15) is 0 Å². The van der Waals surface area contributed by atoms with Gasteiger partial charge in [-0.15, -0.1) is 0 Å². The molecule has 20 heavy (non-hydrogen) atoms. The summed E-state index contributed by atoms with van der Waals surface area (Å²) in [7, 11) is 0. The van der Waals surface area contributed by atoms with E-state index < -0.39 is 0 Å². The summed E-state index contributed by atoms with van der Waals surface area (Å²) in [5.74, 6) is 0.834. The van der Waals surface area contributed by atoms with Gasteiger partial charge in [0.15, 0.2) is 5.82 Å². The van der Waals surface area contributed by atoms with E-state index in [-0.39, 0.29) is 0 Å². The fraction of sp³-hybridized carbons (Fsp3) is 0.333. The second kappa shape index (κ2) is 6.09. The van der Waals surface area contributed by atoms with Crippen LogP contribution in [0.15, 0.2) is 42.9 Å². The maximum absolute atomic E-state index is 6.18. The number of nitrogens with zero attached hydrogens (tertiary/aromatic N) is 3. The van der Waals surface area contributed by atoms with Crippen molar-refractivity contribution in [3.05, 3.63) is 47.9 Å². The van der Waals surface area contributed by atoms with Crippen LogP contribution in [0.2, 0.25) is 5.02 Å². The second-order valence-electron chi connectivity index (χ2n) is 4.99. The van der Waals surface area contributed by atoms with Crippen molar-refractivity contribution in [1.82, 2.24) is 9.97 Å². The number of hydrogen-bond donors (Lipinski definition) is 1. The SMILES string of the molecule is Clc1cncnc1N1CCCC(Nc2ccccc2)C1. The van der Waals surface area contributed by atoms with Crippen LogP contribution < -0.4 is 10.2 Å². The number of halogens is 1. The van der Waals surface area contributed by atoms with Gasteiger partial charge in [-0.25, -0.2) is 9.97 Å². The molecule has 5 heteroatoms.